The molecule has 1 unspecified atom stereocenters. The van der Waals surface area contributed by atoms with E-state index in [2.05, 4.69) is 5.32 Å². The first-order valence-electron chi connectivity index (χ1n) is 5.69. The Labute approximate surface area is 106 Å². The van der Waals surface area contributed by atoms with Gasteiger partial charge in [-0.2, -0.15) is 0 Å². The van der Waals surface area contributed by atoms with Gasteiger partial charge in [0.25, 0.3) is 0 Å². The fraction of sp³-hybridized carbons (Fsp3) is 0.385. The van der Waals surface area contributed by atoms with Gasteiger partial charge in [0.2, 0.25) is 5.91 Å². The third kappa shape index (κ3) is 4.55. The van der Waals surface area contributed by atoms with E-state index in [-0.39, 0.29) is 18.6 Å². The van der Waals surface area contributed by atoms with Gasteiger partial charge in [0, 0.05) is 0 Å². The number of nitrogens with one attached hydrogen (secondary N) is 1. The van der Waals surface area contributed by atoms with Gasteiger partial charge < -0.3 is 15.2 Å². The Morgan fingerprint density at radius 1 is 1.28 bits per heavy atom. The molecule has 0 saturated carbocycles. The topological polar surface area (TPSA) is 75.6 Å². The van der Waals surface area contributed by atoms with Crippen molar-refractivity contribution in [3.8, 4) is 0 Å². The van der Waals surface area contributed by atoms with E-state index in [1.165, 1.54) is 6.92 Å². The zero-order chi connectivity index (χ0) is 13.5. The lowest BCUT2D eigenvalue weighted by Gasteiger charge is -2.15. The molecule has 98 valence electrons. The summed E-state index contributed by atoms with van der Waals surface area (Å²) in [6, 6.07) is 9.36. The molecule has 0 saturated heterocycles. The van der Waals surface area contributed by atoms with E-state index in [0.717, 1.165) is 5.56 Å². The van der Waals surface area contributed by atoms with Crippen LogP contribution in [-0.2, 0) is 14.3 Å². The Morgan fingerprint density at radius 2 is 1.89 bits per heavy atom. The van der Waals surface area contributed by atoms with Crippen LogP contribution in [0.25, 0.3) is 0 Å². The molecular weight excluding hydrogens is 234 g/mol. The molecule has 0 aliphatic carbocycles. The van der Waals surface area contributed by atoms with E-state index in [9.17, 15) is 9.59 Å². The summed E-state index contributed by atoms with van der Waals surface area (Å²) in [6.45, 7) is 2.98. The van der Waals surface area contributed by atoms with Crippen molar-refractivity contribution in [2.24, 2.45) is 0 Å². The summed E-state index contributed by atoms with van der Waals surface area (Å²) >= 11 is 0. The maximum atomic E-state index is 11.5. The highest BCUT2D eigenvalue weighted by Crippen LogP contribution is 2.10. The van der Waals surface area contributed by atoms with Crippen LogP contribution < -0.4 is 5.32 Å². The number of hydrogen-bond donors (Lipinski definition) is 2. The first-order chi connectivity index (χ1) is 8.50. The van der Waals surface area contributed by atoms with Gasteiger partial charge in [0.1, 0.15) is 6.61 Å². The third-order valence-electron chi connectivity index (χ3n) is 2.49. The summed E-state index contributed by atoms with van der Waals surface area (Å²) in [5, 5.41) is 11.3. The number of carboxylic acid groups (broad SMARTS) is 1. The van der Waals surface area contributed by atoms with Gasteiger partial charge in [-0.1, -0.05) is 30.3 Å². The van der Waals surface area contributed by atoms with Crippen LogP contribution >= 0.6 is 0 Å². The molecule has 0 aromatic heterocycles. The van der Waals surface area contributed by atoms with Crippen molar-refractivity contribution in [2.75, 3.05) is 6.61 Å². The molecule has 5 heteroatoms. The number of rotatable bonds is 6. The van der Waals surface area contributed by atoms with Crippen LogP contribution in [0.15, 0.2) is 30.3 Å². The number of amides is 1. The van der Waals surface area contributed by atoms with Crippen molar-refractivity contribution in [3.05, 3.63) is 35.9 Å². The SMILES string of the molecule is CC(NC(=O)CO[C@H](C)C(=O)O)c1ccccc1. The number of benzene rings is 1. The molecule has 0 spiro atoms. The monoisotopic (exact) mass is 251 g/mol. The number of ether oxygens (including phenoxy) is 1. The van der Waals surface area contributed by atoms with Crippen LogP contribution in [0.2, 0.25) is 0 Å². The van der Waals surface area contributed by atoms with Gasteiger partial charge in [-0.25, -0.2) is 4.79 Å². The minimum atomic E-state index is -1.08. The number of aliphatic carboxylic acids is 1. The van der Waals surface area contributed by atoms with Crippen LogP contribution in [0.3, 0.4) is 0 Å². The lowest BCUT2D eigenvalue weighted by molar-refractivity contribution is -0.150. The molecule has 0 aliphatic rings. The lowest BCUT2D eigenvalue weighted by atomic mass is 10.1. The second-order valence-electron chi connectivity index (χ2n) is 3.99. The molecule has 0 radical (unpaired) electrons. The summed E-state index contributed by atoms with van der Waals surface area (Å²) in [5.74, 6) is -1.42. The Bertz CT molecular complexity index is 405. The number of carbonyl (C=O) groups excluding carboxylic acids is 1. The van der Waals surface area contributed by atoms with Gasteiger partial charge in [0.15, 0.2) is 6.10 Å². The fourth-order valence-electron chi connectivity index (χ4n) is 1.38. The number of hydrogen-bond acceptors (Lipinski definition) is 3. The van der Waals surface area contributed by atoms with Gasteiger partial charge in [-0.15, -0.1) is 0 Å². The molecule has 5 nitrogen and oxygen atoms in total. The summed E-state index contributed by atoms with van der Waals surface area (Å²) in [5.41, 5.74) is 0.983. The first kappa shape index (κ1) is 14.2. The van der Waals surface area contributed by atoms with Crippen molar-refractivity contribution in [1.82, 2.24) is 5.32 Å². The van der Waals surface area contributed by atoms with Gasteiger partial charge in [-0.3, -0.25) is 4.79 Å². The van der Waals surface area contributed by atoms with Crippen molar-refractivity contribution in [2.45, 2.75) is 26.0 Å². The van der Waals surface area contributed by atoms with Crippen LogP contribution in [-0.4, -0.2) is 29.7 Å². The summed E-state index contributed by atoms with van der Waals surface area (Å²) in [6.07, 6.45) is -0.984. The molecule has 2 N–H and O–H groups in total. The largest absolute Gasteiger partial charge is 0.479 e. The smallest absolute Gasteiger partial charge is 0.332 e. The van der Waals surface area contributed by atoms with Crippen molar-refractivity contribution in [3.63, 3.8) is 0 Å². The molecule has 2 atom stereocenters. The van der Waals surface area contributed by atoms with Crippen LogP contribution in [0.4, 0.5) is 0 Å². The third-order valence-corrected chi connectivity index (χ3v) is 2.49. The molecule has 1 rings (SSSR count). The van der Waals surface area contributed by atoms with E-state index in [0.29, 0.717) is 0 Å². The summed E-state index contributed by atoms with van der Waals surface area (Å²) < 4.78 is 4.89. The summed E-state index contributed by atoms with van der Waals surface area (Å²) in [4.78, 5) is 22.0. The minimum absolute atomic E-state index is 0.137. The Balaban J connectivity index is 2.39. The highest BCUT2D eigenvalue weighted by atomic mass is 16.5. The van der Waals surface area contributed by atoms with E-state index in [4.69, 9.17) is 9.84 Å². The fourth-order valence-corrected chi connectivity index (χ4v) is 1.38. The molecule has 0 heterocycles. The highest BCUT2D eigenvalue weighted by Gasteiger charge is 2.14. The molecule has 1 aromatic rings. The number of carbonyl (C=O) groups is 2. The van der Waals surface area contributed by atoms with Crippen LogP contribution in [0.5, 0.6) is 0 Å². The van der Waals surface area contributed by atoms with Gasteiger partial charge >= 0.3 is 5.97 Å². The summed E-state index contributed by atoms with van der Waals surface area (Å²) in [7, 11) is 0. The molecule has 0 fully saturated rings. The molecule has 18 heavy (non-hydrogen) atoms. The second kappa shape index (κ2) is 6.76. The van der Waals surface area contributed by atoms with E-state index in [1.807, 2.05) is 37.3 Å². The standard InChI is InChI=1S/C13H17NO4/c1-9(11-6-4-3-5-7-11)14-12(15)8-18-10(2)13(16)17/h3-7,9-10H,8H2,1-2H3,(H,14,15)(H,16,17)/t9?,10-/m1/s1. The van der Waals surface area contributed by atoms with Gasteiger partial charge in [0.05, 0.1) is 6.04 Å². The zero-order valence-corrected chi connectivity index (χ0v) is 10.4. The first-order valence-corrected chi connectivity index (χ1v) is 5.69. The highest BCUT2D eigenvalue weighted by molar-refractivity contribution is 5.78. The van der Waals surface area contributed by atoms with Crippen LogP contribution in [0.1, 0.15) is 25.5 Å². The van der Waals surface area contributed by atoms with Crippen LogP contribution in [0, 0.1) is 0 Å². The molecular formula is C13H17NO4. The van der Waals surface area contributed by atoms with Crippen molar-refractivity contribution < 1.29 is 19.4 Å². The Kier molecular flexibility index (Phi) is 5.32. The Morgan fingerprint density at radius 3 is 2.44 bits per heavy atom. The molecule has 1 aromatic carbocycles. The van der Waals surface area contributed by atoms with E-state index >= 15 is 0 Å². The normalized spacial score (nSPS) is 13.7. The molecule has 1 amide bonds. The van der Waals surface area contributed by atoms with E-state index in [1.54, 1.807) is 0 Å². The average Bonchev–Trinajstić information content (AvgIpc) is 2.36. The average molecular weight is 251 g/mol. The molecule has 0 bridgehead atoms. The van der Waals surface area contributed by atoms with Gasteiger partial charge in [-0.05, 0) is 19.4 Å². The Hall–Kier alpha value is -1.88. The minimum Gasteiger partial charge on any atom is -0.479 e. The quantitative estimate of drug-likeness (QED) is 0.800. The van der Waals surface area contributed by atoms with Crippen molar-refractivity contribution >= 4 is 11.9 Å². The number of carboxylic acids is 1. The predicted molar refractivity (Wildman–Crippen MR) is 66.0 cm³/mol. The second-order valence-corrected chi connectivity index (χ2v) is 3.99. The van der Waals surface area contributed by atoms with E-state index < -0.39 is 12.1 Å². The predicted octanol–water partition coefficient (Wildman–Crippen LogP) is 1.35. The lowest BCUT2D eigenvalue weighted by Crippen LogP contribution is -2.33. The maximum absolute atomic E-state index is 11.5. The van der Waals surface area contributed by atoms with Crippen molar-refractivity contribution in [1.29, 1.82) is 0 Å². The maximum Gasteiger partial charge on any atom is 0.332 e. The molecule has 0 aliphatic heterocycles. The zero-order valence-electron chi connectivity index (χ0n) is 10.4.